The molecule has 3 rings (SSSR count). The number of anilines is 1. The summed E-state index contributed by atoms with van der Waals surface area (Å²) in [6.45, 7) is 2.16. The molecule has 3 aromatic rings. The van der Waals surface area contributed by atoms with Crippen molar-refractivity contribution in [2.24, 2.45) is 5.10 Å². The number of carbonyl (C=O) groups is 1. The molecule has 0 atom stereocenters. The number of nitrogens with one attached hydrogen (secondary N) is 3. The molecule has 1 aromatic heterocycles. The van der Waals surface area contributed by atoms with Gasteiger partial charge in [0, 0.05) is 16.8 Å². The van der Waals surface area contributed by atoms with E-state index in [4.69, 9.17) is 0 Å². The molecule has 0 aliphatic heterocycles. The second-order valence-electron chi connectivity index (χ2n) is 5.58. The minimum atomic E-state index is -0.220. The summed E-state index contributed by atoms with van der Waals surface area (Å²) in [7, 11) is 0. The largest absolute Gasteiger partial charge is 0.376 e. The van der Waals surface area contributed by atoms with Crippen LogP contribution in [0.1, 0.15) is 11.1 Å². The SMILES string of the molecule is Cc1cccc(NCC(=O)N/N=C/c2cn[nH]c2-c2ccccc2)c1. The van der Waals surface area contributed by atoms with E-state index in [1.165, 1.54) is 0 Å². The van der Waals surface area contributed by atoms with Crippen molar-refractivity contribution >= 4 is 17.8 Å². The van der Waals surface area contributed by atoms with E-state index in [1.807, 2.05) is 61.5 Å². The Kier molecular flexibility index (Phi) is 5.21. The Hall–Kier alpha value is -3.41. The van der Waals surface area contributed by atoms with Crippen LogP contribution >= 0.6 is 0 Å². The molecule has 0 aliphatic carbocycles. The molecule has 6 nitrogen and oxygen atoms in total. The zero-order valence-corrected chi connectivity index (χ0v) is 13.9. The maximum atomic E-state index is 11.9. The quantitative estimate of drug-likeness (QED) is 0.479. The number of aromatic amines is 1. The van der Waals surface area contributed by atoms with Crippen LogP contribution in [0.25, 0.3) is 11.3 Å². The highest BCUT2D eigenvalue weighted by molar-refractivity contribution is 5.89. The molecular weight excluding hydrogens is 314 g/mol. The third-order valence-corrected chi connectivity index (χ3v) is 3.60. The van der Waals surface area contributed by atoms with Gasteiger partial charge in [-0.15, -0.1) is 0 Å². The highest BCUT2D eigenvalue weighted by Gasteiger charge is 2.05. The Bertz CT molecular complexity index is 870. The van der Waals surface area contributed by atoms with Crippen LogP contribution in [-0.2, 0) is 4.79 Å². The maximum Gasteiger partial charge on any atom is 0.259 e. The average molecular weight is 333 g/mol. The number of carbonyl (C=O) groups excluding carboxylic acids is 1. The van der Waals surface area contributed by atoms with E-state index in [9.17, 15) is 4.79 Å². The number of benzene rings is 2. The van der Waals surface area contributed by atoms with Crippen molar-refractivity contribution in [3.63, 3.8) is 0 Å². The van der Waals surface area contributed by atoms with Gasteiger partial charge in [0.05, 0.1) is 24.7 Å². The molecule has 0 fully saturated rings. The lowest BCUT2D eigenvalue weighted by Gasteiger charge is -2.05. The first kappa shape index (κ1) is 16.4. The van der Waals surface area contributed by atoms with Crippen LogP contribution in [0.15, 0.2) is 65.9 Å². The Morgan fingerprint density at radius 2 is 2.04 bits per heavy atom. The number of amides is 1. The van der Waals surface area contributed by atoms with Crippen molar-refractivity contribution in [3.8, 4) is 11.3 Å². The fourth-order valence-corrected chi connectivity index (χ4v) is 2.38. The van der Waals surface area contributed by atoms with Gasteiger partial charge < -0.3 is 5.32 Å². The van der Waals surface area contributed by atoms with E-state index in [1.54, 1.807) is 12.4 Å². The van der Waals surface area contributed by atoms with Crippen molar-refractivity contribution in [1.29, 1.82) is 0 Å². The minimum absolute atomic E-state index is 0.151. The Labute approximate surface area is 146 Å². The molecule has 126 valence electrons. The van der Waals surface area contributed by atoms with Gasteiger partial charge in [-0.1, -0.05) is 42.5 Å². The molecule has 6 heteroatoms. The lowest BCUT2D eigenvalue weighted by Crippen LogP contribution is -2.25. The van der Waals surface area contributed by atoms with Gasteiger partial charge in [0.2, 0.25) is 0 Å². The van der Waals surface area contributed by atoms with Crippen molar-refractivity contribution in [3.05, 3.63) is 71.9 Å². The van der Waals surface area contributed by atoms with E-state index >= 15 is 0 Å². The number of hydrogen-bond acceptors (Lipinski definition) is 4. The molecule has 3 N–H and O–H groups in total. The van der Waals surface area contributed by atoms with E-state index in [0.29, 0.717) is 0 Å². The highest BCUT2D eigenvalue weighted by Crippen LogP contribution is 2.18. The zero-order chi connectivity index (χ0) is 17.5. The lowest BCUT2D eigenvalue weighted by molar-refractivity contribution is -0.119. The predicted molar refractivity (Wildman–Crippen MR) is 99.4 cm³/mol. The normalized spacial score (nSPS) is 10.8. The van der Waals surface area contributed by atoms with Gasteiger partial charge in [0.1, 0.15) is 0 Å². The molecular formula is C19H19N5O. The smallest absolute Gasteiger partial charge is 0.259 e. The first-order valence-corrected chi connectivity index (χ1v) is 7.93. The van der Waals surface area contributed by atoms with Gasteiger partial charge in [-0.05, 0) is 24.6 Å². The minimum Gasteiger partial charge on any atom is -0.376 e. The monoisotopic (exact) mass is 333 g/mol. The molecule has 1 heterocycles. The van der Waals surface area contributed by atoms with E-state index in [0.717, 1.165) is 28.1 Å². The van der Waals surface area contributed by atoms with Gasteiger partial charge in [0.15, 0.2) is 0 Å². The van der Waals surface area contributed by atoms with Crippen molar-refractivity contribution < 1.29 is 4.79 Å². The molecule has 0 bridgehead atoms. The summed E-state index contributed by atoms with van der Waals surface area (Å²) in [5.41, 5.74) is 7.22. The van der Waals surface area contributed by atoms with Gasteiger partial charge >= 0.3 is 0 Å². The van der Waals surface area contributed by atoms with Gasteiger partial charge in [-0.3, -0.25) is 9.89 Å². The number of nitrogens with zero attached hydrogens (tertiary/aromatic N) is 2. The fourth-order valence-electron chi connectivity index (χ4n) is 2.38. The summed E-state index contributed by atoms with van der Waals surface area (Å²) >= 11 is 0. The van der Waals surface area contributed by atoms with Crippen LogP contribution < -0.4 is 10.7 Å². The molecule has 0 saturated carbocycles. The lowest BCUT2D eigenvalue weighted by atomic mass is 10.1. The molecule has 0 spiro atoms. The van der Waals surface area contributed by atoms with Gasteiger partial charge in [-0.2, -0.15) is 10.2 Å². The van der Waals surface area contributed by atoms with E-state index < -0.39 is 0 Å². The van der Waals surface area contributed by atoms with Crippen LogP contribution in [0.3, 0.4) is 0 Å². The summed E-state index contributed by atoms with van der Waals surface area (Å²) in [4.78, 5) is 11.9. The number of aryl methyl sites for hydroxylation is 1. The molecule has 0 unspecified atom stereocenters. The summed E-state index contributed by atoms with van der Waals surface area (Å²) in [5, 5.41) is 14.1. The second kappa shape index (κ2) is 7.92. The van der Waals surface area contributed by atoms with Crippen LogP contribution in [0.4, 0.5) is 5.69 Å². The van der Waals surface area contributed by atoms with Crippen molar-refractivity contribution in [2.45, 2.75) is 6.92 Å². The summed E-state index contributed by atoms with van der Waals surface area (Å²) in [6, 6.07) is 17.7. The zero-order valence-electron chi connectivity index (χ0n) is 13.9. The summed E-state index contributed by atoms with van der Waals surface area (Å²) in [6.07, 6.45) is 3.25. The highest BCUT2D eigenvalue weighted by atomic mass is 16.2. The van der Waals surface area contributed by atoms with Crippen LogP contribution in [-0.4, -0.2) is 28.9 Å². The molecule has 25 heavy (non-hydrogen) atoms. The van der Waals surface area contributed by atoms with Gasteiger partial charge in [-0.25, -0.2) is 5.43 Å². The Morgan fingerprint density at radius 1 is 1.20 bits per heavy atom. The number of hydrazone groups is 1. The summed E-state index contributed by atoms with van der Waals surface area (Å²) < 4.78 is 0. The molecule has 0 saturated heterocycles. The maximum absolute atomic E-state index is 11.9. The molecule has 0 radical (unpaired) electrons. The Morgan fingerprint density at radius 3 is 2.84 bits per heavy atom. The molecule has 0 aliphatic rings. The third-order valence-electron chi connectivity index (χ3n) is 3.60. The molecule has 1 amide bonds. The predicted octanol–water partition coefficient (Wildman–Crippen LogP) is 2.95. The third kappa shape index (κ3) is 4.54. The second-order valence-corrected chi connectivity index (χ2v) is 5.58. The van der Waals surface area contributed by atoms with E-state index in [2.05, 4.69) is 26.0 Å². The Balaban J connectivity index is 1.55. The van der Waals surface area contributed by atoms with E-state index in [-0.39, 0.29) is 12.5 Å². The number of H-pyrrole nitrogens is 1. The topological polar surface area (TPSA) is 82.2 Å². The number of hydrogen-bond donors (Lipinski definition) is 3. The first-order valence-electron chi connectivity index (χ1n) is 7.93. The van der Waals surface area contributed by atoms with Crippen LogP contribution in [0, 0.1) is 6.92 Å². The van der Waals surface area contributed by atoms with Crippen LogP contribution in [0.2, 0.25) is 0 Å². The number of aromatic nitrogens is 2. The standard InChI is InChI=1S/C19H19N5O/c1-14-6-5-9-17(10-14)20-13-18(25)23-21-11-16-12-22-24-19(16)15-7-3-2-4-8-15/h2-12,20H,13H2,1H3,(H,22,24)(H,23,25)/b21-11+. The summed E-state index contributed by atoms with van der Waals surface area (Å²) in [5.74, 6) is -0.220. The fraction of sp³-hybridized carbons (Fsp3) is 0.105. The van der Waals surface area contributed by atoms with Crippen molar-refractivity contribution in [2.75, 3.05) is 11.9 Å². The number of rotatable bonds is 6. The average Bonchev–Trinajstić information content (AvgIpc) is 3.09. The van der Waals surface area contributed by atoms with Gasteiger partial charge in [0.25, 0.3) is 5.91 Å². The first-order chi connectivity index (χ1) is 12.2. The van der Waals surface area contributed by atoms with Crippen LogP contribution in [0.5, 0.6) is 0 Å². The van der Waals surface area contributed by atoms with Crippen molar-refractivity contribution in [1.82, 2.24) is 15.6 Å². The molecule has 2 aromatic carbocycles.